The Labute approximate surface area is 156 Å². The molecule has 0 amide bonds. The number of ether oxygens (including phenoxy) is 1. The van der Waals surface area contributed by atoms with Gasteiger partial charge in [-0.1, -0.05) is 12.1 Å². The third-order valence-corrected chi connectivity index (χ3v) is 4.07. The molecule has 27 heavy (non-hydrogen) atoms. The van der Waals surface area contributed by atoms with E-state index in [1.54, 1.807) is 44.2 Å². The minimum Gasteiger partial charge on any atom is -0.462 e. The molecule has 0 atom stereocenters. The zero-order chi connectivity index (χ0) is 19.4. The van der Waals surface area contributed by atoms with Gasteiger partial charge in [0, 0.05) is 11.1 Å². The van der Waals surface area contributed by atoms with E-state index in [9.17, 15) is 10.1 Å². The van der Waals surface area contributed by atoms with Gasteiger partial charge in [0.1, 0.15) is 28.9 Å². The number of carbonyl (C=O) groups excluding carboxylic acids is 1. The van der Waals surface area contributed by atoms with Crippen LogP contribution in [0.15, 0.2) is 50.2 Å². The second-order valence-corrected chi connectivity index (χ2v) is 5.84. The molecule has 0 bridgehead atoms. The summed E-state index contributed by atoms with van der Waals surface area (Å²) in [6.07, 6.45) is 1.50. The fourth-order valence-corrected chi connectivity index (χ4v) is 2.55. The van der Waals surface area contributed by atoms with Crippen molar-refractivity contribution in [2.75, 3.05) is 6.61 Å². The molecular weight excluding hydrogens is 344 g/mol. The first kappa shape index (κ1) is 18.2. The number of benzene rings is 1. The van der Waals surface area contributed by atoms with Crippen LogP contribution in [0.4, 0.5) is 5.88 Å². The second kappa shape index (κ2) is 7.75. The average molecular weight is 362 g/mol. The third kappa shape index (κ3) is 3.82. The Morgan fingerprint density at radius 3 is 2.81 bits per heavy atom. The number of hydrogen-bond donors (Lipinski definition) is 0. The van der Waals surface area contributed by atoms with Crippen LogP contribution < -0.4 is 0 Å². The number of aliphatic imine (C=N–C) groups is 1. The number of carbonyl (C=O) groups is 1. The first-order valence-electron chi connectivity index (χ1n) is 8.45. The van der Waals surface area contributed by atoms with Gasteiger partial charge < -0.3 is 13.6 Å². The molecule has 0 aliphatic heterocycles. The van der Waals surface area contributed by atoms with Crippen molar-refractivity contribution < 1.29 is 18.4 Å². The van der Waals surface area contributed by atoms with Crippen LogP contribution >= 0.6 is 0 Å². The van der Waals surface area contributed by atoms with Gasteiger partial charge in [-0.05, 0) is 45.0 Å². The summed E-state index contributed by atoms with van der Waals surface area (Å²) in [4.78, 5) is 16.1. The second-order valence-electron chi connectivity index (χ2n) is 5.84. The van der Waals surface area contributed by atoms with E-state index < -0.39 is 0 Å². The zero-order valence-electron chi connectivity index (χ0n) is 15.3. The zero-order valence-corrected chi connectivity index (χ0v) is 15.3. The van der Waals surface area contributed by atoms with Gasteiger partial charge in [-0.25, -0.2) is 9.79 Å². The van der Waals surface area contributed by atoms with E-state index in [0.29, 0.717) is 35.0 Å². The number of hydrogen-bond acceptors (Lipinski definition) is 6. The molecule has 0 N–H and O–H groups in total. The van der Waals surface area contributed by atoms with Crippen LogP contribution in [0, 0.1) is 25.2 Å². The van der Waals surface area contributed by atoms with Gasteiger partial charge in [0.25, 0.3) is 0 Å². The maximum absolute atomic E-state index is 11.9. The normalized spacial score (nSPS) is 10.9. The summed E-state index contributed by atoms with van der Waals surface area (Å²) in [5.41, 5.74) is 2.40. The highest BCUT2D eigenvalue weighted by Gasteiger charge is 2.13. The molecule has 1 aromatic carbocycles. The minimum atomic E-state index is -0.375. The van der Waals surface area contributed by atoms with Crippen LogP contribution in [-0.4, -0.2) is 18.8 Å². The van der Waals surface area contributed by atoms with E-state index >= 15 is 0 Å². The fourth-order valence-electron chi connectivity index (χ4n) is 2.55. The summed E-state index contributed by atoms with van der Waals surface area (Å²) in [5, 5.41) is 9.23. The molecule has 6 heteroatoms. The molecule has 0 aliphatic rings. The summed E-state index contributed by atoms with van der Waals surface area (Å²) in [6.45, 7) is 5.69. The number of furan rings is 2. The smallest absolute Gasteiger partial charge is 0.338 e. The van der Waals surface area contributed by atoms with Gasteiger partial charge >= 0.3 is 5.97 Å². The molecule has 0 radical (unpaired) electrons. The molecule has 3 aromatic rings. The lowest BCUT2D eigenvalue weighted by molar-refractivity contribution is 0.0526. The predicted octanol–water partition coefficient (Wildman–Crippen LogP) is 4.96. The van der Waals surface area contributed by atoms with Crippen LogP contribution in [0.2, 0.25) is 0 Å². The van der Waals surface area contributed by atoms with Gasteiger partial charge in [-0.2, -0.15) is 5.26 Å². The predicted molar refractivity (Wildman–Crippen MR) is 100 cm³/mol. The van der Waals surface area contributed by atoms with Crippen molar-refractivity contribution >= 4 is 18.1 Å². The molecular formula is C21H18N2O4. The number of aryl methyl sites for hydroxylation is 1. The molecule has 3 rings (SSSR count). The van der Waals surface area contributed by atoms with Crippen molar-refractivity contribution in [3.63, 3.8) is 0 Å². The van der Waals surface area contributed by atoms with Gasteiger partial charge in [0.15, 0.2) is 0 Å². The Bertz CT molecular complexity index is 1050. The van der Waals surface area contributed by atoms with E-state index in [1.807, 2.05) is 13.0 Å². The fraction of sp³-hybridized carbons (Fsp3) is 0.190. The van der Waals surface area contributed by atoms with E-state index in [2.05, 4.69) is 11.1 Å². The average Bonchev–Trinajstić information content (AvgIpc) is 3.25. The Morgan fingerprint density at radius 2 is 2.07 bits per heavy atom. The van der Waals surface area contributed by atoms with Crippen molar-refractivity contribution in [1.29, 1.82) is 5.26 Å². The summed E-state index contributed by atoms with van der Waals surface area (Å²) in [6, 6.07) is 12.7. The SMILES string of the molecule is CCOC(=O)c1cccc(-c2ccc(C=Nc3oc(C)c(C)c3C#N)o2)c1. The number of nitriles is 1. The third-order valence-electron chi connectivity index (χ3n) is 4.07. The molecule has 2 aromatic heterocycles. The summed E-state index contributed by atoms with van der Waals surface area (Å²) in [7, 11) is 0. The Morgan fingerprint density at radius 1 is 1.26 bits per heavy atom. The maximum Gasteiger partial charge on any atom is 0.338 e. The lowest BCUT2D eigenvalue weighted by Crippen LogP contribution is -2.04. The van der Waals surface area contributed by atoms with Gasteiger partial charge in [-0.15, -0.1) is 0 Å². The van der Waals surface area contributed by atoms with E-state index in [-0.39, 0.29) is 11.9 Å². The number of rotatable bonds is 5. The summed E-state index contributed by atoms with van der Waals surface area (Å²) >= 11 is 0. The van der Waals surface area contributed by atoms with Crippen LogP contribution in [0.25, 0.3) is 11.3 Å². The van der Waals surface area contributed by atoms with E-state index in [0.717, 1.165) is 11.1 Å². The van der Waals surface area contributed by atoms with Gasteiger partial charge in [-0.3, -0.25) is 0 Å². The standard InChI is InChI=1S/C21H18N2O4/c1-4-25-21(24)16-7-5-6-15(10-16)19-9-8-17(27-19)12-23-20-18(11-22)13(2)14(3)26-20/h5-10,12H,4H2,1-3H3. The summed E-state index contributed by atoms with van der Waals surface area (Å²) < 4.78 is 16.3. The molecule has 0 unspecified atom stereocenters. The lowest BCUT2D eigenvalue weighted by atomic mass is 10.1. The largest absolute Gasteiger partial charge is 0.462 e. The van der Waals surface area contributed by atoms with E-state index in [1.165, 1.54) is 6.21 Å². The molecule has 0 aliphatic carbocycles. The summed E-state index contributed by atoms with van der Waals surface area (Å²) in [5.74, 6) is 1.64. The van der Waals surface area contributed by atoms with Crippen LogP contribution in [-0.2, 0) is 4.74 Å². The highest BCUT2D eigenvalue weighted by Crippen LogP contribution is 2.28. The van der Waals surface area contributed by atoms with Crippen molar-refractivity contribution in [3.8, 4) is 17.4 Å². The molecule has 0 saturated heterocycles. The van der Waals surface area contributed by atoms with E-state index in [4.69, 9.17) is 13.6 Å². The van der Waals surface area contributed by atoms with Crippen LogP contribution in [0.3, 0.4) is 0 Å². The monoisotopic (exact) mass is 362 g/mol. The molecule has 0 fully saturated rings. The van der Waals surface area contributed by atoms with Gasteiger partial charge in [0.2, 0.25) is 5.88 Å². The van der Waals surface area contributed by atoms with Crippen molar-refractivity contribution in [2.45, 2.75) is 20.8 Å². The highest BCUT2D eigenvalue weighted by atomic mass is 16.5. The molecule has 136 valence electrons. The van der Waals surface area contributed by atoms with Crippen LogP contribution in [0.1, 0.15) is 39.9 Å². The molecule has 0 saturated carbocycles. The molecule has 2 heterocycles. The first-order valence-corrected chi connectivity index (χ1v) is 8.45. The molecule has 0 spiro atoms. The topological polar surface area (TPSA) is 88.7 Å². The Balaban J connectivity index is 1.84. The Kier molecular flexibility index (Phi) is 5.23. The van der Waals surface area contributed by atoms with Crippen molar-refractivity contribution in [1.82, 2.24) is 0 Å². The maximum atomic E-state index is 11.9. The highest BCUT2D eigenvalue weighted by molar-refractivity contribution is 5.91. The lowest BCUT2D eigenvalue weighted by Gasteiger charge is -2.03. The minimum absolute atomic E-state index is 0.259. The number of esters is 1. The molecule has 6 nitrogen and oxygen atoms in total. The first-order chi connectivity index (χ1) is 13.0. The number of nitrogens with zero attached hydrogens (tertiary/aromatic N) is 2. The Hall–Kier alpha value is -3.59. The van der Waals surface area contributed by atoms with Gasteiger partial charge in [0.05, 0.1) is 18.4 Å². The van der Waals surface area contributed by atoms with Crippen molar-refractivity contribution in [2.24, 2.45) is 4.99 Å². The van der Waals surface area contributed by atoms with Crippen LogP contribution in [0.5, 0.6) is 0 Å². The quantitative estimate of drug-likeness (QED) is 0.473. The van der Waals surface area contributed by atoms with Crippen molar-refractivity contribution in [3.05, 3.63) is 64.6 Å².